The molecule has 2 aliphatic heterocycles. The molecule has 24 nitrogen and oxygen atoms in total. The molecule has 0 aromatic rings. The fraction of sp³-hybridized carbons (Fsp3) is 0.940. The Balaban J connectivity index is 2.65. The number of carbonyl (C=O) groups is 6. The van der Waals surface area contributed by atoms with Gasteiger partial charge in [-0.05, 0) is 51.4 Å². The molecule has 0 saturated carbocycles. The number of carbonyl (C=O) groups excluding carboxylic acids is 6. The topological polar surface area (TPSA) is 359 Å². The highest BCUT2D eigenvalue weighted by molar-refractivity contribution is 7.46. The van der Waals surface area contributed by atoms with Crippen molar-refractivity contribution in [1.82, 2.24) is 10.6 Å². The fourth-order valence-corrected chi connectivity index (χ4v) is 17.8. The Bertz CT molecular complexity index is 2620. The molecule has 2 aliphatic rings. The molecule has 736 valence electrons. The minimum absolute atomic E-state index is 0.133. The van der Waals surface area contributed by atoms with Crippen molar-refractivity contribution in [2.24, 2.45) is 0 Å². The third-order valence-corrected chi connectivity index (χ3v) is 25.6. The summed E-state index contributed by atoms with van der Waals surface area (Å²) in [4.78, 5) is 107. The number of rotatable bonds is 88. The molecule has 125 heavy (non-hydrogen) atoms. The van der Waals surface area contributed by atoms with Crippen LogP contribution >= 0.6 is 7.82 Å². The monoisotopic (exact) mass is 1800 g/mol. The number of amides is 2. The minimum Gasteiger partial charge on any atom is -0.462 e. The van der Waals surface area contributed by atoms with Crippen molar-refractivity contribution in [2.45, 2.75) is 590 Å². The smallest absolute Gasteiger partial charge is 0.462 e. The first-order valence-corrected chi connectivity index (χ1v) is 53.5. The van der Waals surface area contributed by atoms with Crippen LogP contribution in [0.3, 0.4) is 0 Å². The number of aliphatic hydroxyl groups excluding tert-OH is 5. The molecule has 0 aliphatic carbocycles. The molecule has 0 aromatic heterocycles. The lowest BCUT2D eigenvalue weighted by atomic mass is 9.95. The zero-order valence-corrected chi connectivity index (χ0v) is 81.0. The Morgan fingerprint density at radius 2 is 0.592 bits per heavy atom. The first-order valence-electron chi connectivity index (χ1n) is 52.0. The lowest BCUT2D eigenvalue weighted by Crippen LogP contribution is -2.67. The van der Waals surface area contributed by atoms with Crippen molar-refractivity contribution in [3.8, 4) is 0 Å². The Morgan fingerprint density at radius 3 is 0.920 bits per heavy atom. The number of hydrogen-bond acceptors (Lipinski definition) is 20. The molecule has 2 amide bonds. The van der Waals surface area contributed by atoms with E-state index in [0.29, 0.717) is 51.4 Å². The summed E-state index contributed by atoms with van der Waals surface area (Å²) < 4.78 is 61.7. The van der Waals surface area contributed by atoms with Gasteiger partial charge >= 0.3 is 31.7 Å². The van der Waals surface area contributed by atoms with Crippen LogP contribution in [0.1, 0.15) is 504 Å². The van der Waals surface area contributed by atoms with Gasteiger partial charge in [-0.15, -0.1) is 0 Å². The van der Waals surface area contributed by atoms with Gasteiger partial charge in [0.1, 0.15) is 48.7 Å². The molecule has 2 heterocycles. The highest BCUT2D eigenvalue weighted by atomic mass is 31.2. The molecular weight excluding hydrogens is 1610 g/mol. The number of nitrogens with one attached hydrogen (secondary N) is 2. The Labute approximate surface area is 759 Å². The van der Waals surface area contributed by atoms with Crippen molar-refractivity contribution in [2.75, 3.05) is 13.2 Å². The first kappa shape index (κ1) is 118. The van der Waals surface area contributed by atoms with Gasteiger partial charge in [-0.2, -0.15) is 0 Å². The predicted molar refractivity (Wildman–Crippen MR) is 497 cm³/mol. The van der Waals surface area contributed by atoms with Gasteiger partial charge in [0.2, 0.25) is 11.8 Å². The second kappa shape index (κ2) is 80.3. The van der Waals surface area contributed by atoms with E-state index in [0.717, 1.165) is 205 Å². The summed E-state index contributed by atoms with van der Waals surface area (Å²) in [6, 6.07) is -3.56. The zero-order chi connectivity index (χ0) is 91.4. The Hall–Kier alpha value is -3.39. The van der Waals surface area contributed by atoms with Crippen molar-refractivity contribution in [1.29, 1.82) is 0 Å². The average Bonchev–Trinajstić information content (AvgIpc) is 0.784. The Morgan fingerprint density at radius 1 is 0.328 bits per heavy atom. The molecule has 14 atom stereocenters. The van der Waals surface area contributed by atoms with Crippen LogP contribution in [-0.4, -0.2) is 170 Å². The van der Waals surface area contributed by atoms with Gasteiger partial charge in [-0.1, -0.05) is 414 Å². The molecule has 2 fully saturated rings. The fourth-order valence-electron chi connectivity index (χ4n) is 17.4. The number of esters is 4. The van der Waals surface area contributed by atoms with Crippen LogP contribution < -0.4 is 10.6 Å². The van der Waals surface area contributed by atoms with Crippen LogP contribution in [0.4, 0.5) is 0 Å². The molecule has 0 spiro atoms. The van der Waals surface area contributed by atoms with Gasteiger partial charge in [0.25, 0.3) is 0 Å². The van der Waals surface area contributed by atoms with Crippen molar-refractivity contribution < 1.29 is 106 Å². The summed E-state index contributed by atoms with van der Waals surface area (Å²) >= 11 is 0. The van der Waals surface area contributed by atoms with E-state index < -0.39 is 168 Å². The number of aliphatic hydroxyl groups is 5. The number of unbranched alkanes of at least 4 members (excludes halogenated alkanes) is 56. The highest BCUT2D eigenvalue weighted by Gasteiger charge is 2.53. The number of phosphoric ester groups is 1. The van der Waals surface area contributed by atoms with Crippen LogP contribution in [0, 0.1) is 0 Å². The highest BCUT2D eigenvalue weighted by Crippen LogP contribution is 2.42. The lowest BCUT2D eigenvalue weighted by molar-refractivity contribution is -0.298. The van der Waals surface area contributed by atoms with E-state index >= 15 is 0 Å². The summed E-state index contributed by atoms with van der Waals surface area (Å²) in [7, 11) is -5.65. The van der Waals surface area contributed by atoms with Gasteiger partial charge < -0.3 is 79.1 Å². The second-order valence-corrected chi connectivity index (χ2v) is 38.3. The number of ether oxygens (including phenoxy) is 7. The predicted octanol–water partition coefficient (Wildman–Crippen LogP) is 22.8. The Kier molecular flexibility index (Phi) is 75.6. The maximum Gasteiger partial charge on any atom is 0.472 e. The van der Waals surface area contributed by atoms with Crippen LogP contribution in [0.5, 0.6) is 0 Å². The summed E-state index contributed by atoms with van der Waals surface area (Å²) in [5, 5.41) is 63.9. The molecule has 2 rings (SSSR count). The quantitative estimate of drug-likeness (QED) is 0.0118. The number of hydrogen-bond donors (Lipinski definition) is 9. The molecule has 8 unspecified atom stereocenters. The van der Waals surface area contributed by atoms with Crippen LogP contribution in [0.25, 0.3) is 0 Å². The normalized spacial score (nSPS) is 20.1. The van der Waals surface area contributed by atoms with Gasteiger partial charge in [0.05, 0.1) is 51.1 Å². The van der Waals surface area contributed by atoms with Crippen LogP contribution in [-0.2, 0) is 71.0 Å². The summed E-state index contributed by atoms with van der Waals surface area (Å²) in [6.07, 6.45) is 46.4. The van der Waals surface area contributed by atoms with Crippen molar-refractivity contribution in [3.05, 3.63) is 0 Å². The van der Waals surface area contributed by atoms with Gasteiger partial charge in [-0.3, -0.25) is 33.3 Å². The molecule has 0 bridgehead atoms. The standard InChI is InChI=1S/C100H189N2O22P/c1-7-13-19-25-31-37-39-41-43-49-55-61-67-73-89(108)118-83(71-65-59-53-47-35-29-23-17-11-5)77-88(107)102-94-98(122-91(110)76-82(105)70-64-58-52-46-34-28-22-16-10-4)96(113)86(121-100(94)124-125(114,115)116)80-117-99-93(101-87(106)75-81(104)69-63-57-51-45-33-27-21-15-9-3)97(95(112)85(79-103)120-99)123-92(111)78-84(72-66-60-54-48-36-30-24-18-12-6)119-90(109)74-68-62-56-50-44-42-40-38-32-26-20-14-8-2/h81-86,93-100,103-105,112-113H,7-80H2,1-6H3,(H,101,106)(H,102,107)(H2,114,115,116)/t81?,82?,83?,84?,85?,86?,93?,94?,95-,96-,97-,98-,99-,100+/m1/s1. The maximum absolute atomic E-state index is 14.7. The van der Waals surface area contributed by atoms with E-state index in [1.165, 1.54) is 154 Å². The lowest BCUT2D eigenvalue weighted by Gasteiger charge is -2.46. The third-order valence-electron chi connectivity index (χ3n) is 25.1. The van der Waals surface area contributed by atoms with Crippen molar-refractivity contribution in [3.63, 3.8) is 0 Å². The average molecular weight is 1800 g/mol. The molecular formula is C100H189N2O22P. The van der Waals surface area contributed by atoms with Crippen LogP contribution in [0.2, 0.25) is 0 Å². The van der Waals surface area contributed by atoms with E-state index in [1.54, 1.807) is 0 Å². The van der Waals surface area contributed by atoms with E-state index in [1.807, 2.05) is 0 Å². The summed E-state index contributed by atoms with van der Waals surface area (Å²) in [5.74, 6) is -4.52. The first-order chi connectivity index (χ1) is 60.6. The van der Waals surface area contributed by atoms with E-state index in [-0.39, 0.29) is 25.7 Å². The molecule has 25 heteroatoms. The molecule has 2 saturated heterocycles. The largest absolute Gasteiger partial charge is 0.472 e. The van der Waals surface area contributed by atoms with Crippen molar-refractivity contribution >= 4 is 43.5 Å². The van der Waals surface area contributed by atoms with Gasteiger partial charge in [0.15, 0.2) is 24.8 Å². The molecule has 0 aromatic carbocycles. The second-order valence-electron chi connectivity index (χ2n) is 37.1. The van der Waals surface area contributed by atoms with Gasteiger partial charge in [0, 0.05) is 12.8 Å². The summed E-state index contributed by atoms with van der Waals surface area (Å²) in [5.41, 5.74) is 0. The minimum atomic E-state index is -5.65. The van der Waals surface area contributed by atoms with Crippen LogP contribution in [0.15, 0.2) is 0 Å². The third kappa shape index (κ3) is 64.2. The molecule has 0 radical (unpaired) electrons. The van der Waals surface area contributed by atoms with Gasteiger partial charge in [-0.25, -0.2) is 4.57 Å². The SMILES string of the molecule is CCCCCCCCCCCCCCCC(=O)OC(CCCCCCCCCCC)CC(=O)NC1[C@H](OP(=O)(O)O)OC(CO[C@@H]2OC(CO)[C@@H](O)[C@H](OC(=O)CC(CCCCCCCCCCC)OC(=O)CCCCCCCCCCCCCCC)C2NC(=O)CC(O)CCCCCCCCCCC)[C@@H](O)[C@@H]1OC(=O)CC(O)CCCCCCCCCCC. The molecule has 9 N–H and O–H groups in total. The number of phosphoric acid groups is 1. The van der Waals surface area contributed by atoms with E-state index in [2.05, 4.69) is 52.2 Å². The van der Waals surface area contributed by atoms with E-state index in [4.69, 9.17) is 37.7 Å². The zero-order valence-electron chi connectivity index (χ0n) is 80.1. The van der Waals surface area contributed by atoms with E-state index in [9.17, 15) is 68.7 Å². The summed E-state index contributed by atoms with van der Waals surface area (Å²) in [6.45, 7) is 11.4. The maximum atomic E-state index is 14.7.